The van der Waals surface area contributed by atoms with Crippen LogP contribution in [-0.2, 0) is 57.5 Å². The lowest BCUT2D eigenvalue weighted by molar-refractivity contribution is -0.157. The van der Waals surface area contributed by atoms with Crippen LogP contribution in [0.1, 0.15) is 183 Å². The molecule has 1 rings (SSSR count). The average molecular weight is 1390 g/mol. The molecular weight excluding hydrogens is 1260 g/mol. The summed E-state index contributed by atoms with van der Waals surface area (Å²) in [6.07, 6.45) is 3.28. The van der Waals surface area contributed by atoms with Gasteiger partial charge in [-0.15, -0.1) is 11.8 Å². The predicted molar refractivity (Wildman–Crippen MR) is 383 cm³/mol. The Labute approximate surface area is 587 Å². The lowest BCUT2D eigenvalue weighted by atomic mass is 9.91. The third kappa shape index (κ3) is 25.7. The maximum atomic E-state index is 15.6. The van der Waals surface area contributed by atoms with Crippen molar-refractivity contribution >= 4 is 76.7 Å². The summed E-state index contributed by atoms with van der Waals surface area (Å²) in [5.41, 5.74) is -1.05. The van der Waals surface area contributed by atoms with E-state index in [1.165, 1.54) is 111 Å². The third-order valence-corrected chi connectivity index (χ3v) is 20.1. The van der Waals surface area contributed by atoms with Crippen LogP contribution < -0.4 is 21.3 Å². The molecule has 1 aliphatic heterocycles. The second-order valence-electron chi connectivity index (χ2n) is 29.6. The molecule has 0 aliphatic carbocycles. The first-order valence-corrected chi connectivity index (χ1v) is 36.2. The first-order chi connectivity index (χ1) is 44.8. The Morgan fingerprint density at radius 3 is 1.46 bits per heavy atom. The van der Waals surface area contributed by atoms with Gasteiger partial charge in [0.15, 0.2) is 5.37 Å². The predicted octanol–water partition coefficient (Wildman–Crippen LogP) is 5.22. The van der Waals surface area contributed by atoms with E-state index in [4.69, 9.17) is 4.74 Å². The Morgan fingerprint density at radius 1 is 0.536 bits per heavy atom. The van der Waals surface area contributed by atoms with E-state index in [0.717, 1.165) is 11.4 Å². The van der Waals surface area contributed by atoms with Crippen molar-refractivity contribution in [2.45, 2.75) is 267 Å². The number of rotatable bonds is 23. The van der Waals surface area contributed by atoms with Crippen LogP contribution in [0.15, 0.2) is 12.2 Å². The Bertz CT molecular complexity index is 2640. The van der Waals surface area contributed by atoms with Crippen LogP contribution in [0, 0.1) is 35.5 Å². The highest BCUT2D eigenvalue weighted by atomic mass is 32.2. The molecule has 25 nitrogen and oxygen atoms in total. The zero-order valence-corrected chi connectivity index (χ0v) is 65.3. The fourth-order valence-corrected chi connectivity index (χ4v) is 13.4. The van der Waals surface area contributed by atoms with Gasteiger partial charge in [0.05, 0.1) is 11.7 Å². The van der Waals surface area contributed by atoms with Crippen LogP contribution in [0.25, 0.3) is 0 Å². The van der Waals surface area contributed by atoms with Crippen molar-refractivity contribution in [1.29, 1.82) is 0 Å². The van der Waals surface area contributed by atoms with Gasteiger partial charge in [-0.25, -0.2) is 0 Å². The van der Waals surface area contributed by atoms with Gasteiger partial charge in [-0.3, -0.25) is 52.7 Å². The van der Waals surface area contributed by atoms with Gasteiger partial charge in [0, 0.05) is 68.9 Å². The Morgan fingerprint density at radius 2 is 1.00 bits per heavy atom. The van der Waals surface area contributed by atoms with Crippen LogP contribution >= 0.6 is 11.8 Å². The summed E-state index contributed by atoms with van der Waals surface area (Å²) in [6.45, 7) is 37.4. The number of carbonyl (C=O) groups excluding carboxylic acids is 11. The van der Waals surface area contributed by atoms with Gasteiger partial charge in [0.1, 0.15) is 60.4 Å². The number of ether oxygens (including phenoxy) is 1. The van der Waals surface area contributed by atoms with E-state index in [2.05, 4.69) is 46.9 Å². The largest absolute Gasteiger partial charge is 0.390 e. The minimum Gasteiger partial charge on any atom is -0.390 e. The molecule has 0 spiro atoms. The summed E-state index contributed by atoms with van der Waals surface area (Å²) in [5.74, 6) is -9.57. The molecule has 1 aliphatic rings. The molecule has 5 N–H and O–H groups in total. The fraction of sp³-hybridized carbons (Fsp3) is 0.817. The quantitative estimate of drug-likeness (QED) is 0.0648. The van der Waals surface area contributed by atoms with E-state index in [0.29, 0.717) is 25.1 Å². The number of amides is 11. The van der Waals surface area contributed by atoms with E-state index in [9.17, 15) is 24.3 Å². The normalized spacial score (nSPS) is 26.1. The van der Waals surface area contributed by atoms with Crippen LogP contribution in [0.5, 0.6) is 0 Å². The summed E-state index contributed by atoms with van der Waals surface area (Å²) in [4.78, 5) is 176. The van der Waals surface area contributed by atoms with Gasteiger partial charge in [-0.1, -0.05) is 102 Å². The van der Waals surface area contributed by atoms with E-state index in [-0.39, 0.29) is 55.9 Å². The lowest BCUT2D eigenvalue weighted by Crippen LogP contribution is -2.64. The minimum absolute atomic E-state index is 0.0129. The smallest absolute Gasteiger partial charge is 0.256 e. The molecular formula is C71H130N12O13S. The minimum atomic E-state index is -1.65. The number of aliphatic hydroxyl groups excluding tert-OH is 1. The highest BCUT2D eigenvalue weighted by Gasteiger charge is 2.47. The van der Waals surface area contributed by atoms with Gasteiger partial charge in [0.2, 0.25) is 59.1 Å². The SMILES string of the molecule is CC=CC[C@@H](C)[C@@H](O)[C@H]1C(=O)N[C@@H](CC)C(=O)N(C)[C@H](SCCCN(CC)C(C)C)C(=O)N(C)[C@@H](CC(C)(C)OC)C(=O)N[C@@H](C(C)C)C(=O)N(C)[C@@H](CC(C)C)C(=O)N[C@@H](C)C(=O)N[C@H](C)C(=O)N(C)[C@@H](CC(C)C)C(=O)N(C)[C@@H](CC(C)C)C(=O)N(C)[C@@H](C(C)C)C(=O)N1C. The zero-order valence-electron chi connectivity index (χ0n) is 64.5. The molecule has 11 amide bonds. The molecule has 0 aromatic heterocycles. The van der Waals surface area contributed by atoms with Crippen molar-refractivity contribution in [3.05, 3.63) is 12.2 Å². The summed E-state index contributed by atoms with van der Waals surface area (Å²) in [6, 6.07) is -12.6. The molecule has 97 heavy (non-hydrogen) atoms. The van der Waals surface area contributed by atoms with Gasteiger partial charge in [0.25, 0.3) is 5.91 Å². The van der Waals surface area contributed by atoms with Crippen molar-refractivity contribution in [3.63, 3.8) is 0 Å². The maximum absolute atomic E-state index is 15.6. The number of allylic oxidation sites excluding steroid dienone is 2. The Balaban J connectivity index is 4.63. The topological polar surface area (TPSA) is 291 Å². The standard InChI is InChI=1S/C71H130N12O13S/c1-29-32-34-47(16)58(84)57-62(88)74-50(30-2)64(90)82(27)70(97-36-33-35-83(31-3)46(14)15)69(95)79(24)54(40-71(19,20)96-28)61(87)75-55(44(10)11)67(93)76(21)51(37-41(4)5)60(86)72-48(17)59(85)73-49(18)63(89)77(22)52(38-42(6)7)65(91)78(23)53(39-43(8)9)66(92)80(25)56(45(12)13)68(94)81(57)26/h29,32,41-58,70,84H,30-31,33-40H2,1-28H3,(H,72,86)(H,73,85)(H,74,88)(H,75,87)/t47-,48+,49-,50+,51+,52+,53+,54+,55+,56+,57+,58-,70-/m1/s1. The molecule has 558 valence electrons. The Hall–Kier alpha value is -5.86. The number of likely N-dealkylation sites (N-methyl/N-ethyl adjacent to an activating group) is 7. The molecule has 0 aromatic rings. The van der Waals surface area contributed by atoms with Gasteiger partial charge < -0.3 is 70.3 Å². The molecule has 0 bridgehead atoms. The maximum Gasteiger partial charge on any atom is 0.256 e. The van der Waals surface area contributed by atoms with Crippen molar-refractivity contribution in [2.24, 2.45) is 35.5 Å². The van der Waals surface area contributed by atoms with Gasteiger partial charge >= 0.3 is 0 Å². The van der Waals surface area contributed by atoms with Crippen molar-refractivity contribution < 1.29 is 62.6 Å². The van der Waals surface area contributed by atoms with Crippen molar-refractivity contribution in [3.8, 4) is 0 Å². The second-order valence-corrected chi connectivity index (χ2v) is 30.8. The number of hydrogen-bond acceptors (Lipinski definition) is 15. The molecule has 0 aromatic carbocycles. The number of carbonyl (C=O) groups is 11. The van der Waals surface area contributed by atoms with E-state index in [1.54, 1.807) is 61.5 Å². The molecule has 13 atom stereocenters. The van der Waals surface area contributed by atoms with Gasteiger partial charge in [-0.05, 0) is 141 Å². The number of nitrogens with one attached hydrogen (secondary N) is 4. The lowest BCUT2D eigenvalue weighted by Gasteiger charge is -2.41. The summed E-state index contributed by atoms with van der Waals surface area (Å²) < 4.78 is 5.86. The third-order valence-electron chi connectivity index (χ3n) is 18.7. The molecule has 1 heterocycles. The molecule has 1 saturated heterocycles. The number of nitrogens with zero attached hydrogens (tertiary/aromatic N) is 8. The highest BCUT2D eigenvalue weighted by Crippen LogP contribution is 2.29. The zero-order chi connectivity index (χ0) is 75.2. The summed E-state index contributed by atoms with van der Waals surface area (Å²) in [7, 11) is 11.5. The molecule has 1 fully saturated rings. The molecule has 0 saturated carbocycles. The highest BCUT2D eigenvalue weighted by molar-refractivity contribution is 8.00. The second kappa shape index (κ2) is 41.0. The molecule has 0 radical (unpaired) electrons. The van der Waals surface area contributed by atoms with Crippen molar-refractivity contribution in [2.75, 3.05) is 75.3 Å². The first-order valence-electron chi connectivity index (χ1n) is 35.1. The molecule has 0 unspecified atom stereocenters. The van der Waals surface area contributed by atoms with Crippen LogP contribution in [0.4, 0.5) is 0 Å². The van der Waals surface area contributed by atoms with E-state index < -0.39 is 160 Å². The number of thioether (sulfide) groups is 1. The van der Waals surface area contributed by atoms with Crippen LogP contribution in [-0.4, -0.2) is 268 Å². The fourth-order valence-electron chi connectivity index (χ4n) is 12.2. The average Bonchev–Trinajstić information content (AvgIpc) is 0.809. The number of methoxy groups -OCH3 is 1. The first kappa shape index (κ1) is 89.2. The summed E-state index contributed by atoms with van der Waals surface area (Å²) >= 11 is 1.18. The summed E-state index contributed by atoms with van der Waals surface area (Å²) in [5, 5.41) is 22.2. The van der Waals surface area contributed by atoms with Crippen molar-refractivity contribution in [1.82, 2.24) is 60.5 Å². The van der Waals surface area contributed by atoms with Crippen LogP contribution in [0.3, 0.4) is 0 Å². The number of hydrogen-bond donors (Lipinski definition) is 5. The van der Waals surface area contributed by atoms with E-state index >= 15 is 33.6 Å². The molecule has 26 heteroatoms. The van der Waals surface area contributed by atoms with Gasteiger partial charge in [-0.2, -0.15) is 0 Å². The van der Waals surface area contributed by atoms with E-state index in [1.807, 2.05) is 54.5 Å². The number of aliphatic hydroxyl groups is 1. The Kier molecular flexibility index (Phi) is 37.7. The van der Waals surface area contributed by atoms with Crippen LogP contribution in [0.2, 0.25) is 0 Å². The monoisotopic (exact) mass is 1390 g/mol.